The Morgan fingerprint density at radius 2 is 2.15 bits per heavy atom. The van der Waals surface area contributed by atoms with Gasteiger partial charge in [-0.1, -0.05) is 27.5 Å². The lowest BCUT2D eigenvalue weighted by Gasteiger charge is -1.98. The zero-order valence-corrected chi connectivity index (χ0v) is 9.01. The second-order valence-electron chi connectivity index (χ2n) is 2.65. The number of halogens is 2. The molecule has 2 nitrogen and oxygen atoms in total. The summed E-state index contributed by atoms with van der Waals surface area (Å²) in [6, 6.07) is 5.58. The summed E-state index contributed by atoms with van der Waals surface area (Å²) in [4.78, 5) is 8.41. The summed E-state index contributed by atoms with van der Waals surface area (Å²) in [5.74, 6) is 0. The molecule has 0 N–H and O–H groups in total. The number of nitrogens with zero attached hydrogens (tertiary/aromatic N) is 2. The van der Waals surface area contributed by atoms with Gasteiger partial charge in [0, 0.05) is 11.5 Å². The fraction of sp³-hybridized carbons (Fsp3) is 0.111. The Labute approximate surface area is 89.1 Å². The molecule has 0 spiro atoms. The zero-order valence-electron chi connectivity index (χ0n) is 6.67. The molecule has 2 aromatic heterocycles. The van der Waals surface area contributed by atoms with Gasteiger partial charge >= 0.3 is 0 Å². The SMILES string of the molecule is Clc1ccc2ncc(CBr)cc2n1. The van der Waals surface area contributed by atoms with Crippen LogP contribution in [0.15, 0.2) is 24.4 Å². The van der Waals surface area contributed by atoms with E-state index in [1.165, 1.54) is 0 Å². The molecule has 0 saturated carbocycles. The van der Waals surface area contributed by atoms with Crippen LogP contribution in [0, 0.1) is 0 Å². The lowest BCUT2D eigenvalue weighted by atomic mass is 10.2. The lowest BCUT2D eigenvalue weighted by molar-refractivity contribution is 1.28. The van der Waals surface area contributed by atoms with Crippen molar-refractivity contribution in [3.8, 4) is 0 Å². The summed E-state index contributed by atoms with van der Waals surface area (Å²) in [5, 5.41) is 1.28. The van der Waals surface area contributed by atoms with Crippen molar-refractivity contribution in [2.24, 2.45) is 0 Å². The minimum atomic E-state index is 0.501. The third-order valence-electron chi connectivity index (χ3n) is 1.71. The topological polar surface area (TPSA) is 25.8 Å². The Bertz CT molecular complexity index is 445. The molecule has 2 rings (SSSR count). The Morgan fingerprint density at radius 1 is 1.31 bits per heavy atom. The monoisotopic (exact) mass is 256 g/mol. The first-order valence-electron chi connectivity index (χ1n) is 3.77. The Hall–Kier alpha value is -0.670. The van der Waals surface area contributed by atoms with Gasteiger partial charge in [-0.2, -0.15) is 0 Å². The van der Waals surface area contributed by atoms with Crippen molar-refractivity contribution in [1.82, 2.24) is 9.97 Å². The number of fused-ring (bicyclic) bond motifs is 1. The van der Waals surface area contributed by atoms with Crippen molar-refractivity contribution in [3.05, 3.63) is 35.1 Å². The molecule has 0 aliphatic carbocycles. The maximum Gasteiger partial charge on any atom is 0.129 e. The third kappa shape index (κ3) is 1.81. The summed E-state index contributed by atoms with van der Waals surface area (Å²) in [5.41, 5.74) is 2.81. The first-order valence-corrected chi connectivity index (χ1v) is 5.26. The molecule has 0 aromatic carbocycles. The molecule has 0 amide bonds. The molecule has 0 atom stereocenters. The van der Waals surface area contributed by atoms with Gasteiger partial charge in [-0.25, -0.2) is 4.98 Å². The molecule has 0 fully saturated rings. The van der Waals surface area contributed by atoms with Crippen LogP contribution >= 0.6 is 27.5 Å². The van der Waals surface area contributed by atoms with Gasteiger partial charge in [-0.3, -0.25) is 4.98 Å². The lowest BCUT2D eigenvalue weighted by Crippen LogP contribution is -1.86. The summed E-state index contributed by atoms with van der Waals surface area (Å²) in [6.07, 6.45) is 1.83. The average Bonchev–Trinajstić information content (AvgIpc) is 2.16. The molecule has 0 unspecified atom stereocenters. The standard InChI is InChI=1S/C9H6BrClN2/c10-4-6-3-8-7(12-5-6)1-2-9(11)13-8/h1-3,5H,4H2. The molecule has 66 valence electrons. The van der Waals surface area contributed by atoms with Crippen LogP contribution in [-0.4, -0.2) is 9.97 Å². The molecule has 13 heavy (non-hydrogen) atoms. The van der Waals surface area contributed by atoms with E-state index < -0.39 is 0 Å². The Balaban J connectivity index is 2.68. The maximum absolute atomic E-state index is 5.76. The number of hydrogen-bond donors (Lipinski definition) is 0. The van der Waals surface area contributed by atoms with Crippen LogP contribution in [-0.2, 0) is 5.33 Å². The molecule has 4 heteroatoms. The molecule has 0 radical (unpaired) electrons. The number of hydrogen-bond acceptors (Lipinski definition) is 2. The highest BCUT2D eigenvalue weighted by Crippen LogP contribution is 2.15. The number of alkyl halides is 1. The van der Waals surface area contributed by atoms with E-state index in [4.69, 9.17) is 11.6 Å². The molecule has 0 bridgehead atoms. The van der Waals surface area contributed by atoms with Gasteiger partial charge in [0.2, 0.25) is 0 Å². The Kier molecular flexibility index (Phi) is 2.47. The number of aromatic nitrogens is 2. The zero-order chi connectivity index (χ0) is 9.26. The van der Waals surface area contributed by atoms with Crippen LogP contribution in [0.2, 0.25) is 5.15 Å². The molecule has 2 aromatic rings. The molecular weight excluding hydrogens is 251 g/mol. The fourth-order valence-corrected chi connectivity index (χ4v) is 1.56. The van der Waals surface area contributed by atoms with Crippen molar-refractivity contribution in [2.45, 2.75) is 5.33 Å². The van der Waals surface area contributed by atoms with Crippen LogP contribution < -0.4 is 0 Å². The van der Waals surface area contributed by atoms with Gasteiger partial charge in [0.05, 0.1) is 11.0 Å². The molecule has 0 aliphatic heterocycles. The van der Waals surface area contributed by atoms with E-state index in [1.807, 2.05) is 18.3 Å². The predicted molar refractivity (Wildman–Crippen MR) is 57.2 cm³/mol. The molecule has 0 saturated heterocycles. The second kappa shape index (κ2) is 3.60. The third-order valence-corrected chi connectivity index (χ3v) is 2.57. The normalized spacial score (nSPS) is 10.6. The Morgan fingerprint density at radius 3 is 2.92 bits per heavy atom. The summed E-state index contributed by atoms with van der Waals surface area (Å²) in [7, 11) is 0. The minimum absolute atomic E-state index is 0.501. The van der Waals surface area contributed by atoms with Crippen molar-refractivity contribution < 1.29 is 0 Å². The minimum Gasteiger partial charge on any atom is -0.254 e. The van der Waals surface area contributed by atoms with Crippen molar-refractivity contribution in [1.29, 1.82) is 0 Å². The van der Waals surface area contributed by atoms with Crippen LogP contribution in [0.1, 0.15) is 5.56 Å². The second-order valence-corrected chi connectivity index (χ2v) is 3.60. The van der Waals surface area contributed by atoms with E-state index >= 15 is 0 Å². The maximum atomic E-state index is 5.76. The molecule has 2 heterocycles. The van der Waals surface area contributed by atoms with Crippen molar-refractivity contribution >= 4 is 38.6 Å². The predicted octanol–water partition coefficient (Wildman–Crippen LogP) is 3.18. The largest absolute Gasteiger partial charge is 0.254 e. The highest BCUT2D eigenvalue weighted by Gasteiger charge is 1.98. The van der Waals surface area contributed by atoms with E-state index in [9.17, 15) is 0 Å². The van der Waals surface area contributed by atoms with Gasteiger partial charge in [0.15, 0.2) is 0 Å². The van der Waals surface area contributed by atoms with Crippen molar-refractivity contribution in [3.63, 3.8) is 0 Å². The number of pyridine rings is 2. The van der Waals surface area contributed by atoms with Crippen LogP contribution in [0.25, 0.3) is 11.0 Å². The molecule has 0 aliphatic rings. The van der Waals surface area contributed by atoms with Gasteiger partial charge in [0.25, 0.3) is 0 Å². The first kappa shape index (κ1) is 8.91. The fourth-order valence-electron chi connectivity index (χ4n) is 1.10. The summed E-state index contributed by atoms with van der Waals surface area (Å²) < 4.78 is 0. The van der Waals surface area contributed by atoms with E-state index in [0.717, 1.165) is 21.9 Å². The summed E-state index contributed by atoms with van der Waals surface area (Å²) in [6.45, 7) is 0. The van der Waals surface area contributed by atoms with E-state index in [2.05, 4.69) is 25.9 Å². The highest BCUT2D eigenvalue weighted by atomic mass is 79.9. The van der Waals surface area contributed by atoms with Crippen LogP contribution in [0.5, 0.6) is 0 Å². The molecular formula is C9H6BrClN2. The van der Waals surface area contributed by atoms with E-state index in [-0.39, 0.29) is 0 Å². The average molecular weight is 258 g/mol. The first-order chi connectivity index (χ1) is 6.29. The van der Waals surface area contributed by atoms with Gasteiger partial charge < -0.3 is 0 Å². The van der Waals surface area contributed by atoms with Crippen LogP contribution in [0.4, 0.5) is 0 Å². The van der Waals surface area contributed by atoms with E-state index in [0.29, 0.717) is 5.15 Å². The number of rotatable bonds is 1. The highest BCUT2D eigenvalue weighted by molar-refractivity contribution is 9.08. The van der Waals surface area contributed by atoms with Gasteiger partial charge in [-0.15, -0.1) is 0 Å². The van der Waals surface area contributed by atoms with E-state index in [1.54, 1.807) is 6.07 Å². The van der Waals surface area contributed by atoms with Crippen molar-refractivity contribution in [2.75, 3.05) is 0 Å². The van der Waals surface area contributed by atoms with Crippen LogP contribution in [0.3, 0.4) is 0 Å². The summed E-state index contributed by atoms with van der Waals surface area (Å²) >= 11 is 9.12. The van der Waals surface area contributed by atoms with Gasteiger partial charge in [0.1, 0.15) is 5.15 Å². The smallest absolute Gasteiger partial charge is 0.129 e. The quantitative estimate of drug-likeness (QED) is 0.579. The van der Waals surface area contributed by atoms with Gasteiger partial charge in [-0.05, 0) is 23.8 Å².